The van der Waals surface area contributed by atoms with E-state index in [0.29, 0.717) is 0 Å². The summed E-state index contributed by atoms with van der Waals surface area (Å²) in [6.45, 7) is 13.3. The number of nitrogens with zero attached hydrogens (tertiary/aromatic N) is 1. The van der Waals surface area contributed by atoms with Gasteiger partial charge in [-0.1, -0.05) is 41.5 Å². The minimum atomic E-state index is 0.0497. The van der Waals surface area contributed by atoms with Crippen LogP contribution in [0.3, 0.4) is 0 Å². The zero-order valence-corrected chi connectivity index (χ0v) is 13.7. The van der Waals surface area contributed by atoms with Crippen LogP contribution in [-0.2, 0) is 10.8 Å². The Labute approximate surface area is 122 Å². The van der Waals surface area contributed by atoms with E-state index in [1.165, 1.54) is 10.9 Å². The monoisotopic (exact) mass is 271 g/mol. The molecule has 0 amide bonds. The molecule has 0 saturated heterocycles. The Kier molecular flexibility index (Phi) is 3.53. The van der Waals surface area contributed by atoms with Crippen molar-refractivity contribution in [3.05, 3.63) is 35.5 Å². The van der Waals surface area contributed by atoms with Gasteiger partial charge in [0.05, 0.1) is 12.6 Å². The van der Waals surface area contributed by atoms with Gasteiger partial charge in [-0.2, -0.15) is 0 Å². The fourth-order valence-electron chi connectivity index (χ4n) is 2.34. The maximum Gasteiger partial charge on any atom is 0.119 e. The van der Waals surface area contributed by atoms with Crippen molar-refractivity contribution in [1.29, 1.82) is 0 Å². The van der Waals surface area contributed by atoms with Gasteiger partial charge in [0, 0.05) is 16.5 Å². The fourth-order valence-corrected chi connectivity index (χ4v) is 2.34. The molecule has 1 aromatic heterocycles. The van der Waals surface area contributed by atoms with Crippen LogP contribution in [0.25, 0.3) is 10.9 Å². The molecule has 2 aromatic rings. The van der Waals surface area contributed by atoms with Crippen LogP contribution < -0.4 is 4.74 Å². The number of fused-ring (bicyclic) bond motifs is 1. The van der Waals surface area contributed by atoms with Crippen molar-refractivity contribution >= 4 is 10.9 Å². The topological polar surface area (TPSA) is 22.1 Å². The largest absolute Gasteiger partial charge is 0.497 e. The number of methoxy groups -OCH3 is 1. The highest BCUT2D eigenvalue weighted by Crippen LogP contribution is 2.34. The van der Waals surface area contributed by atoms with Crippen LogP contribution in [0.5, 0.6) is 5.75 Å². The van der Waals surface area contributed by atoms with Crippen molar-refractivity contribution in [3.8, 4) is 5.75 Å². The van der Waals surface area contributed by atoms with E-state index in [4.69, 9.17) is 9.72 Å². The Morgan fingerprint density at radius 1 is 0.900 bits per heavy atom. The highest BCUT2D eigenvalue weighted by Gasteiger charge is 2.23. The second kappa shape index (κ2) is 4.76. The molecular formula is C18H25NO. The van der Waals surface area contributed by atoms with Crippen LogP contribution in [0.4, 0.5) is 0 Å². The molecule has 0 aliphatic carbocycles. The SMILES string of the molecule is COc1ccc2nc(C(C)(C)C)cc(C(C)(C)C)c2c1. The third kappa shape index (κ3) is 2.79. The van der Waals surface area contributed by atoms with E-state index in [2.05, 4.69) is 59.7 Å². The second-order valence-electron chi connectivity index (χ2n) is 7.44. The Morgan fingerprint density at radius 3 is 2.05 bits per heavy atom. The third-order valence-electron chi connectivity index (χ3n) is 3.59. The molecule has 1 aromatic carbocycles. The summed E-state index contributed by atoms with van der Waals surface area (Å²) in [5.41, 5.74) is 3.64. The van der Waals surface area contributed by atoms with Gasteiger partial charge in [0.15, 0.2) is 0 Å². The summed E-state index contributed by atoms with van der Waals surface area (Å²) in [6.07, 6.45) is 0. The molecule has 2 rings (SSSR count). The van der Waals surface area contributed by atoms with Crippen molar-refractivity contribution in [2.24, 2.45) is 0 Å². The second-order valence-corrected chi connectivity index (χ2v) is 7.44. The van der Waals surface area contributed by atoms with Gasteiger partial charge in [-0.3, -0.25) is 4.98 Å². The van der Waals surface area contributed by atoms with Gasteiger partial charge in [-0.15, -0.1) is 0 Å². The Balaban J connectivity index is 2.82. The molecule has 0 unspecified atom stereocenters. The van der Waals surface area contributed by atoms with Crippen molar-refractivity contribution in [2.45, 2.75) is 52.4 Å². The van der Waals surface area contributed by atoms with E-state index in [1.807, 2.05) is 6.07 Å². The maximum atomic E-state index is 5.36. The van der Waals surface area contributed by atoms with E-state index in [9.17, 15) is 0 Å². The summed E-state index contributed by atoms with van der Waals surface area (Å²) < 4.78 is 5.36. The highest BCUT2D eigenvalue weighted by molar-refractivity contribution is 5.85. The van der Waals surface area contributed by atoms with E-state index >= 15 is 0 Å². The molecular weight excluding hydrogens is 246 g/mol. The Hall–Kier alpha value is -1.57. The summed E-state index contributed by atoms with van der Waals surface area (Å²) in [5, 5.41) is 1.19. The van der Waals surface area contributed by atoms with Crippen LogP contribution in [0.15, 0.2) is 24.3 Å². The quantitative estimate of drug-likeness (QED) is 0.740. The molecule has 0 spiro atoms. The molecule has 0 aliphatic heterocycles. The number of benzene rings is 1. The van der Waals surface area contributed by atoms with Crippen molar-refractivity contribution in [2.75, 3.05) is 7.11 Å². The number of hydrogen-bond donors (Lipinski definition) is 0. The molecule has 2 heteroatoms. The number of pyridine rings is 1. The molecule has 0 aliphatic rings. The van der Waals surface area contributed by atoms with Gasteiger partial charge < -0.3 is 4.74 Å². The maximum absolute atomic E-state index is 5.36. The van der Waals surface area contributed by atoms with Gasteiger partial charge in [0.2, 0.25) is 0 Å². The first-order valence-electron chi connectivity index (χ1n) is 7.12. The molecule has 2 nitrogen and oxygen atoms in total. The van der Waals surface area contributed by atoms with E-state index in [1.54, 1.807) is 7.11 Å². The first-order chi connectivity index (χ1) is 9.13. The normalized spacial score (nSPS) is 12.8. The van der Waals surface area contributed by atoms with Crippen molar-refractivity contribution < 1.29 is 4.74 Å². The molecule has 20 heavy (non-hydrogen) atoms. The molecule has 0 radical (unpaired) electrons. The summed E-state index contributed by atoms with van der Waals surface area (Å²) in [5.74, 6) is 0.883. The average Bonchev–Trinajstić information content (AvgIpc) is 2.34. The Morgan fingerprint density at radius 2 is 1.55 bits per heavy atom. The number of ether oxygens (including phenoxy) is 1. The summed E-state index contributed by atoms with van der Waals surface area (Å²) in [6, 6.07) is 8.38. The fraction of sp³-hybridized carbons (Fsp3) is 0.500. The third-order valence-corrected chi connectivity index (χ3v) is 3.59. The van der Waals surface area contributed by atoms with E-state index in [-0.39, 0.29) is 10.8 Å². The molecule has 1 heterocycles. The lowest BCUT2D eigenvalue weighted by Gasteiger charge is -2.26. The first-order valence-corrected chi connectivity index (χ1v) is 7.12. The molecule has 0 atom stereocenters. The van der Waals surface area contributed by atoms with Crippen LogP contribution >= 0.6 is 0 Å². The highest BCUT2D eigenvalue weighted by atomic mass is 16.5. The first kappa shape index (κ1) is 14.8. The number of hydrogen-bond acceptors (Lipinski definition) is 2. The molecule has 0 bridgehead atoms. The molecule has 0 fully saturated rings. The van der Waals surface area contributed by atoms with Gasteiger partial charge in [0.1, 0.15) is 5.75 Å². The molecule has 0 N–H and O–H groups in total. The smallest absolute Gasteiger partial charge is 0.119 e. The zero-order chi connectivity index (χ0) is 15.1. The summed E-state index contributed by atoms with van der Waals surface area (Å²) in [7, 11) is 1.70. The summed E-state index contributed by atoms with van der Waals surface area (Å²) >= 11 is 0. The average molecular weight is 271 g/mol. The number of aromatic nitrogens is 1. The van der Waals surface area contributed by atoms with E-state index in [0.717, 1.165) is 17.0 Å². The lowest BCUT2D eigenvalue weighted by atomic mass is 9.81. The van der Waals surface area contributed by atoms with Crippen LogP contribution in [0.2, 0.25) is 0 Å². The van der Waals surface area contributed by atoms with Crippen molar-refractivity contribution in [3.63, 3.8) is 0 Å². The van der Waals surface area contributed by atoms with Gasteiger partial charge in [-0.25, -0.2) is 0 Å². The van der Waals surface area contributed by atoms with Gasteiger partial charge in [0.25, 0.3) is 0 Å². The van der Waals surface area contributed by atoms with Gasteiger partial charge >= 0.3 is 0 Å². The molecule has 0 saturated carbocycles. The van der Waals surface area contributed by atoms with Gasteiger partial charge in [-0.05, 0) is 35.2 Å². The van der Waals surface area contributed by atoms with Crippen molar-refractivity contribution in [1.82, 2.24) is 4.98 Å². The standard InChI is InChI=1S/C18H25NO/c1-17(2,3)14-11-16(18(4,5)6)19-15-9-8-12(20-7)10-13(14)15/h8-11H,1-7H3. The minimum Gasteiger partial charge on any atom is -0.497 e. The number of rotatable bonds is 1. The van der Waals surface area contributed by atoms with E-state index < -0.39 is 0 Å². The summed E-state index contributed by atoms with van der Waals surface area (Å²) in [4.78, 5) is 4.84. The minimum absolute atomic E-state index is 0.0497. The molecule has 108 valence electrons. The Bertz CT molecular complexity index is 630. The van der Waals surface area contributed by atoms with Crippen LogP contribution in [0, 0.1) is 0 Å². The predicted molar refractivity (Wildman–Crippen MR) is 85.7 cm³/mol. The zero-order valence-electron chi connectivity index (χ0n) is 13.7. The predicted octanol–water partition coefficient (Wildman–Crippen LogP) is 4.84. The lowest BCUT2D eigenvalue weighted by molar-refractivity contribution is 0.415. The lowest BCUT2D eigenvalue weighted by Crippen LogP contribution is -2.18. The van der Waals surface area contributed by atoms with Crippen LogP contribution in [-0.4, -0.2) is 12.1 Å². The van der Waals surface area contributed by atoms with Crippen LogP contribution in [0.1, 0.15) is 52.8 Å².